The summed E-state index contributed by atoms with van der Waals surface area (Å²) in [5.74, 6) is 0. The van der Waals surface area contributed by atoms with Crippen LogP contribution in [0, 0.1) is 0 Å². The van der Waals surface area contributed by atoms with Gasteiger partial charge in [0.15, 0.2) is 0 Å². The van der Waals surface area contributed by atoms with Crippen LogP contribution < -0.4 is 5.32 Å². The fourth-order valence-corrected chi connectivity index (χ4v) is 2.61. The number of nitrogens with zero attached hydrogens (tertiary/aromatic N) is 2. The number of piperidine rings is 1. The molecule has 2 heterocycles. The minimum absolute atomic E-state index is 0.403. The van der Waals surface area contributed by atoms with Gasteiger partial charge in [0, 0.05) is 31.0 Å². The molecule has 0 radical (unpaired) electrons. The van der Waals surface area contributed by atoms with Crippen molar-refractivity contribution in [2.45, 2.75) is 45.2 Å². The highest BCUT2D eigenvalue weighted by atomic mass is 15.2. The third-order valence-electron chi connectivity index (χ3n) is 3.94. The number of hydrogen-bond acceptors (Lipinski definition) is 3. The van der Waals surface area contributed by atoms with Crippen molar-refractivity contribution in [3.8, 4) is 0 Å². The Morgan fingerprint density at radius 2 is 1.83 bits per heavy atom. The highest BCUT2D eigenvalue weighted by Crippen LogP contribution is 2.13. The Bertz CT molecular complexity index is 333. The van der Waals surface area contributed by atoms with Crippen molar-refractivity contribution in [3.05, 3.63) is 30.1 Å². The van der Waals surface area contributed by atoms with Gasteiger partial charge in [0.1, 0.15) is 0 Å². The van der Waals surface area contributed by atoms with E-state index in [4.69, 9.17) is 0 Å². The monoisotopic (exact) mass is 247 g/mol. The van der Waals surface area contributed by atoms with Crippen LogP contribution in [0.3, 0.4) is 0 Å². The van der Waals surface area contributed by atoms with Crippen molar-refractivity contribution in [3.63, 3.8) is 0 Å². The Labute approximate surface area is 111 Å². The van der Waals surface area contributed by atoms with E-state index in [9.17, 15) is 0 Å². The molecule has 1 aliphatic heterocycles. The normalized spacial score (nSPS) is 20.6. The van der Waals surface area contributed by atoms with Crippen LogP contribution in [-0.2, 0) is 0 Å². The molecule has 3 heteroatoms. The van der Waals surface area contributed by atoms with E-state index in [0.717, 1.165) is 6.54 Å². The molecular formula is C15H25N3. The van der Waals surface area contributed by atoms with Gasteiger partial charge in [-0.25, -0.2) is 0 Å². The van der Waals surface area contributed by atoms with Crippen LogP contribution in [0.15, 0.2) is 24.5 Å². The summed E-state index contributed by atoms with van der Waals surface area (Å²) in [5.41, 5.74) is 1.32. The van der Waals surface area contributed by atoms with Gasteiger partial charge in [0.25, 0.3) is 0 Å². The zero-order valence-electron chi connectivity index (χ0n) is 11.6. The first-order valence-electron chi connectivity index (χ1n) is 7.14. The molecule has 100 valence electrons. The van der Waals surface area contributed by atoms with Gasteiger partial charge < -0.3 is 5.32 Å². The number of rotatable bonds is 5. The van der Waals surface area contributed by atoms with E-state index in [1.807, 2.05) is 12.4 Å². The summed E-state index contributed by atoms with van der Waals surface area (Å²) in [5, 5.41) is 3.63. The van der Waals surface area contributed by atoms with E-state index in [1.165, 1.54) is 37.9 Å². The molecular weight excluding hydrogens is 222 g/mol. The van der Waals surface area contributed by atoms with Gasteiger partial charge in [-0.3, -0.25) is 9.88 Å². The van der Waals surface area contributed by atoms with Gasteiger partial charge in [-0.2, -0.15) is 0 Å². The van der Waals surface area contributed by atoms with Crippen molar-refractivity contribution < 1.29 is 0 Å². The molecule has 2 atom stereocenters. The average Bonchev–Trinajstić information content (AvgIpc) is 2.46. The highest BCUT2D eigenvalue weighted by Gasteiger charge is 2.17. The molecule has 0 bridgehead atoms. The smallest absolute Gasteiger partial charge is 0.0293 e. The standard InChI is InChI=1S/C15H25N3/c1-13(18-10-4-3-5-11-18)12-17-14(2)15-6-8-16-9-7-15/h6-9,13-14,17H,3-5,10-12H2,1-2H3. The van der Waals surface area contributed by atoms with Gasteiger partial charge >= 0.3 is 0 Å². The zero-order chi connectivity index (χ0) is 12.8. The first kappa shape index (κ1) is 13.5. The summed E-state index contributed by atoms with van der Waals surface area (Å²) < 4.78 is 0. The minimum Gasteiger partial charge on any atom is -0.309 e. The van der Waals surface area contributed by atoms with Crippen LogP contribution in [0.1, 0.15) is 44.7 Å². The van der Waals surface area contributed by atoms with Gasteiger partial charge in [0.2, 0.25) is 0 Å². The topological polar surface area (TPSA) is 28.2 Å². The van der Waals surface area contributed by atoms with Crippen molar-refractivity contribution in [1.82, 2.24) is 15.2 Å². The lowest BCUT2D eigenvalue weighted by molar-refractivity contribution is 0.168. The maximum Gasteiger partial charge on any atom is 0.0293 e. The minimum atomic E-state index is 0.403. The molecule has 1 aromatic rings. The maximum absolute atomic E-state index is 4.06. The second-order valence-electron chi connectivity index (χ2n) is 5.36. The third-order valence-corrected chi connectivity index (χ3v) is 3.94. The number of likely N-dealkylation sites (tertiary alicyclic amines) is 1. The fraction of sp³-hybridized carbons (Fsp3) is 0.667. The van der Waals surface area contributed by atoms with E-state index in [0.29, 0.717) is 12.1 Å². The molecule has 1 fully saturated rings. The molecule has 0 saturated carbocycles. The summed E-state index contributed by atoms with van der Waals surface area (Å²) >= 11 is 0. The second-order valence-corrected chi connectivity index (χ2v) is 5.36. The number of pyridine rings is 1. The summed E-state index contributed by atoms with van der Waals surface area (Å²) in [6.45, 7) is 8.15. The van der Waals surface area contributed by atoms with E-state index in [1.54, 1.807) is 0 Å². The summed E-state index contributed by atoms with van der Waals surface area (Å²) in [4.78, 5) is 6.67. The summed E-state index contributed by atoms with van der Waals surface area (Å²) in [7, 11) is 0. The molecule has 2 rings (SSSR count). The Kier molecular flexibility index (Phi) is 5.14. The van der Waals surface area contributed by atoms with E-state index in [-0.39, 0.29) is 0 Å². The Morgan fingerprint density at radius 1 is 1.17 bits per heavy atom. The lowest BCUT2D eigenvalue weighted by atomic mass is 10.1. The Hall–Kier alpha value is -0.930. The zero-order valence-corrected chi connectivity index (χ0v) is 11.6. The van der Waals surface area contributed by atoms with Crippen molar-refractivity contribution >= 4 is 0 Å². The molecule has 0 spiro atoms. The molecule has 1 N–H and O–H groups in total. The Morgan fingerprint density at radius 3 is 2.50 bits per heavy atom. The van der Waals surface area contributed by atoms with Crippen LogP contribution in [-0.4, -0.2) is 35.6 Å². The number of hydrogen-bond donors (Lipinski definition) is 1. The molecule has 1 aliphatic rings. The van der Waals surface area contributed by atoms with E-state index < -0.39 is 0 Å². The lowest BCUT2D eigenvalue weighted by Gasteiger charge is -2.33. The van der Waals surface area contributed by atoms with Crippen molar-refractivity contribution in [2.24, 2.45) is 0 Å². The molecule has 0 aromatic carbocycles. The molecule has 2 unspecified atom stereocenters. The SMILES string of the molecule is CC(NCC(C)N1CCCCC1)c1ccncc1. The number of aromatic nitrogens is 1. The van der Waals surface area contributed by atoms with Crippen LogP contribution >= 0.6 is 0 Å². The van der Waals surface area contributed by atoms with E-state index in [2.05, 4.69) is 41.2 Å². The average molecular weight is 247 g/mol. The van der Waals surface area contributed by atoms with Crippen LogP contribution in [0.25, 0.3) is 0 Å². The van der Waals surface area contributed by atoms with Crippen molar-refractivity contribution in [1.29, 1.82) is 0 Å². The van der Waals surface area contributed by atoms with Crippen LogP contribution in [0.5, 0.6) is 0 Å². The fourth-order valence-electron chi connectivity index (χ4n) is 2.61. The first-order chi connectivity index (χ1) is 8.77. The van der Waals surface area contributed by atoms with Gasteiger partial charge in [-0.15, -0.1) is 0 Å². The maximum atomic E-state index is 4.06. The lowest BCUT2D eigenvalue weighted by Crippen LogP contribution is -2.43. The predicted molar refractivity (Wildman–Crippen MR) is 75.5 cm³/mol. The van der Waals surface area contributed by atoms with Crippen LogP contribution in [0.2, 0.25) is 0 Å². The van der Waals surface area contributed by atoms with Crippen LogP contribution in [0.4, 0.5) is 0 Å². The largest absolute Gasteiger partial charge is 0.309 e. The predicted octanol–water partition coefficient (Wildman–Crippen LogP) is 2.61. The summed E-state index contributed by atoms with van der Waals surface area (Å²) in [6.07, 6.45) is 7.86. The molecule has 18 heavy (non-hydrogen) atoms. The quantitative estimate of drug-likeness (QED) is 0.867. The first-order valence-corrected chi connectivity index (χ1v) is 7.14. The molecule has 1 aromatic heterocycles. The highest BCUT2D eigenvalue weighted by molar-refractivity contribution is 5.13. The number of nitrogens with one attached hydrogen (secondary N) is 1. The van der Waals surface area contributed by atoms with Gasteiger partial charge in [-0.1, -0.05) is 6.42 Å². The van der Waals surface area contributed by atoms with E-state index >= 15 is 0 Å². The van der Waals surface area contributed by atoms with Crippen molar-refractivity contribution in [2.75, 3.05) is 19.6 Å². The summed E-state index contributed by atoms with van der Waals surface area (Å²) in [6, 6.07) is 5.21. The molecule has 3 nitrogen and oxygen atoms in total. The molecule has 0 amide bonds. The second kappa shape index (κ2) is 6.86. The van der Waals surface area contributed by atoms with Gasteiger partial charge in [0.05, 0.1) is 0 Å². The third kappa shape index (κ3) is 3.79. The Balaban J connectivity index is 1.76. The molecule has 0 aliphatic carbocycles. The molecule has 1 saturated heterocycles. The van der Waals surface area contributed by atoms with Gasteiger partial charge in [-0.05, 0) is 57.5 Å².